The molecule has 1 heterocycles. The van der Waals surface area contributed by atoms with E-state index in [-0.39, 0.29) is 22.8 Å². The molecule has 2 aromatic carbocycles. The lowest BCUT2D eigenvalue weighted by atomic mass is 9.87. The number of nitrogens with one attached hydrogen (secondary N) is 1. The first-order chi connectivity index (χ1) is 16.1. The van der Waals surface area contributed by atoms with Gasteiger partial charge in [0.05, 0.1) is 24.7 Å². The molecule has 0 bridgehead atoms. The van der Waals surface area contributed by atoms with Gasteiger partial charge in [0.15, 0.2) is 6.10 Å². The summed E-state index contributed by atoms with van der Waals surface area (Å²) in [6.45, 7) is 10.2. The van der Waals surface area contributed by atoms with E-state index in [9.17, 15) is 13.2 Å². The van der Waals surface area contributed by atoms with E-state index in [2.05, 4.69) is 26.1 Å². The third-order valence-corrected chi connectivity index (χ3v) is 7.42. The average Bonchev–Trinajstić information content (AvgIpc) is 2.82. The molecule has 186 valence electrons. The van der Waals surface area contributed by atoms with Crippen LogP contribution in [0.3, 0.4) is 0 Å². The number of hydrogen-bond donors (Lipinski definition) is 1. The van der Waals surface area contributed by atoms with Crippen molar-refractivity contribution >= 4 is 15.9 Å². The molecule has 1 saturated heterocycles. The fraction of sp³-hybridized carbons (Fsp3) is 0.480. The minimum absolute atomic E-state index is 0.0544. The molecule has 1 aliphatic rings. The molecular formula is C25H34N2O6S. The predicted molar refractivity (Wildman–Crippen MR) is 130 cm³/mol. The molecule has 1 fully saturated rings. The van der Waals surface area contributed by atoms with Gasteiger partial charge in [-0.15, -0.1) is 0 Å². The van der Waals surface area contributed by atoms with Crippen LogP contribution in [0.2, 0.25) is 0 Å². The van der Waals surface area contributed by atoms with Crippen molar-refractivity contribution in [3.05, 3.63) is 54.1 Å². The molecular weight excluding hydrogens is 456 g/mol. The molecule has 1 atom stereocenters. The second-order valence-electron chi connectivity index (χ2n) is 9.16. The van der Waals surface area contributed by atoms with Gasteiger partial charge >= 0.3 is 0 Å². The van der Waals surface area contributed by atoms with Gasteiger partial charge in [-0.25, -0.2) is 8.42 Å². The molecule has 8 nitrogen and oxygen atoms in total. The number of hydrogen-bond acceptors (Lipinski definition) is 6. The van der Waals surface area contributed by atoms with Gasteiger partial charge in [0.1, 0.15) is 18.1 Å². The van der Waals surface area contributed by atoms with Gasteiger partial charge in [0, 0.05) is 13.1 Å². The molecule has 0 saturated carbocycles. The summed E-state index contributed by atoms with van der Waals surface area (Å²) in [7, 11) is -3.53. The molecule has 1 amide bonds. The Labute approximate surface area is 202 Å². The van der Waals surface area contributed by atoms with Crippen molar-refractivity contribution in [2.24, 2.45) is 0 Å². The Morgan fingerprint density at radius 2 is 1.62 bits per heavy atom. The molecule has 1 aliphatic heterocycles. The number of carbonyl (C=O) groups excluding carboxylic acids is 1. The molecule has 9 heteroatoms. The Morgan fingerprint density at radius 1 is 1.03 bits per heavy atom. The summed E-state index contributed by atoms with van der Waals surface area (Å²) in [5.74, 6) is 0.924. The van der Waals surface area contributed by atoms with Crippen LogP contribution in [0.1, 0.15) is 33.3 Å². The number of sulfonamides is 1. The summed E-state index contributed by atoms with van der Waals surface area (Å²) in [5.41, 5.74) is 1.25. The van der Waals surface area contributed by atoms with Gasteiger partial charge in [0.2, 0.25) is 10.0 Å². The Bertz CT molecular complexity index is 1040. The monoisotopic (exact) mass is 490 g/mol. The Morgan fingerprint density at radius 3 is 2.21 bits per heavy atom. The van der Waals surface area contributed by atoms with E-state index in [0.29, 0.717) is 44.3 Å². The lowest BCUT2D eigenvalue weighted by molar-refractivity contribution is -0.127. The van der Waals surface area contributed by atoms with E-state index in [0.717, 1.165) is 0 Å². The largest absolute Gasteiger partial charge is 0.492 e. The quantitative estimate of drug-likeness (QED) is 0.543. The summed E-state index contributed by atoms with van der Waals surface area (Å²) in [4.78, 5) is 12.5. The van der Waals surface area contributed by atoms with E-state index in [1.165, 1.54) is 22.0 Å². The summed E-state index contributed by atoms with van der Waals surface area (Å²) < 4.78 is 43.3. The minimum Gasteiger partial charge on any atom is -0.492 e. The second kappa shape index (κ2) is 11.2. The third-order valence-electron chi connectivity index (χ3n) is 5.50. The van der Waals surface area contributed by atoms with Gasteiger partial charge in [-0.3, -0.25) is 4.79 Å². The molecule has 34 heavy (non-hydrogen) atoms. The number of morpholine rings is 1. The molecule has 2 aromatic rings. The number of amides is 1. The van der Waals surface area contributed by atoms with E-state index < -0.39 is 16.1 Å². The number of benzene rings is 2. The highest BCUT2D eigenvalue weighted by atomic mass is 32.2. The minimum atomic E-state index is -3.53. The molecule has 1 N–H and O–H groups in total. The molecule has 0 spiro atoms. The van der Waals surface area contributed by atoms with Crippen molar-refractivity contribution in [3.63, 3.8) is 0 Å². The van der Waals surface area contributed by atoms with Crippen LogP contribution in [0.25, 0.3) is 0 Å². The summed E-state index contributed by atoms with van der Waals surface area (Å²) in [5, 5.41) is 2.78. The first-order valence-corrected chi connectivity index (χ1v) is 12.9. The van der Waals surface area contributed by atoms with Crippen LogP contribution in [0.15, 0.2) is 53.4 Å². The van der Waals surface area contributed by atoms with E-state index in [1.54, 1.807) is 19.1 Å². The van der Waals surface area contributed by atoms with Gasteiger partial charge in [0.25, 0.3) is 5.91 Å². The third kappa shape index (κ3) is 6.94. The van der Waals surface area contributed by atoms with E-state index >= 15 is 0 Å². The lowest BCUT2D eigenvalue weighted by Gasteiger charge is -2.26. The van der Waals surface area contributed by atoms with Crippen molar-refractivity contribution in [3.8, 4) is 11.5 Å². The zero-order valence-corrected chi connectivity index (χ0v) is 21.1. The summed E-state index contributed by atoms with van der Waals surface area (Å²) in [6, 6.07) is 14.0. The average molecular weight is 491 g/mol. The first-order valence-electron chi connectivity index (χ1n) is 11.4. The predicted octanol–water partition coefficient (Wildman–Crippen LogP) is 2.97. The first kappa shape index (κ1) is 26.0. The molecule has 0 unspecified atom stereocenters. The zero-order valence-electron chi connectivity index (χ0n) is 20.2. The second-order valence-corrected chi connectivity index (χ2v) is 11.1. The van der Waals surface area contributed by atoms with Crippen LogP contribution in [0, 0.1) is 0 Å². The van der Waals surface area contributed by atoms with E-state index in [1.807, 2.05) is 24.3 Å². The number of nitrogens with zero attached hydrogens (tertiary/aromatic N) is 1. The number of ether oxygens (including phenoxy) is 3. The van der Waals surface area contributed by atoms with Gasteiger partial charge < -0.3 is 19.5 Å². The SMILES string of the molecule is C[C@H](Oc1ccc(C(C)(C)C)cc1)C(=O)NCCOc1ccc(S(=O)(=O)N2CCOCC2)cc1. The van der Waals surface area contributed by atoms with Gasteiger partial charge in [-0.2, -0.15) is 4.31 Å². The Hall–Kier alpha value is -2.62. The highest BCUT2D eigenvalue weighted by molar-refractivity contribution is 7.89. The molecule has 0 radical (unpaired) electrons. The Kier molecular flexibility index (Phi) is 8.57. The lowest BCUT2D eigenvalue weighted by Crippen LogP contribution is -2.40. The highest BCUT2D eigenvalue weighted by Gasteiger charge is 2.26. The van der Waals surface area contributed by atoms with Gasteiger partial charge in [-0.1, -0.05) is 32.9 Å². The van der Waals surface area contributed by atoms with Gasteiger partial charge in [-0.05, 0) is 54.3 Å². The fourth-order valence-electron chi connectivity index (χ4n) is 3.42. The normalized spacial score (nSPS) is 16.0. The molecule has 0 aliphatic carbocycles. The van der Waals surface area contributed by atoms with E-state index in [4.69, 9.17) is 14.2 Å². The topological polar surface area (TPSA) is 94.2 Å². The number of carbonyl (C=O) groups is 1. The fourth-order valence-corrected chi connectivity index (χ4v) is 4.83. The molecule has 0 aromatic heterocycles. The standard InChI is InChI=1S/C25H34N2O6S/c1-19(33-22-7-5-20(6-8-22)25(2,3)4)24(28)26-13-16-32-21-9-11-23(12-10-21)34(29,30)27-14-17-31-18-15-27/h5-12,19H,13-18H2,1-4H3,(H,26,28)/t19-/m0/s1. The summed E-state index contributed by atoms with van der Waals surface area (Å²) in [6.07, 6.45) is -0.648. The molecule has 3 rings (SSSR count). The maximum Gasteiger partial charge on any atom is 0.260 e. The highest BCUT2D eigenvalue weighted by Crippen LogP contribution is 2.25. The zero-order chi connectivity index (χ0) is 24.8. The van der Waals surface area contributed by atoms with Crippen LogP contribution in [-0.2, 0) is 25.0 Å². The Balaban J connectivity index is 1.42. The number of rotatable bonds is 9. The van der Waals surface area contributed by atoms with Crippen molar-refractivity contribution in [1.82, 2.24) is 9.62 Å². The van der Waals surface area contributed by atoms with Crippen molar-refractivity contribution < 1.29 is 27.4 Å². The van der Waals surface area contributed by atoms with Crippen molar-refractivity contribution in [2.75, 3.05) is 39.5 Å². The van der Waals surface area contributed by atoms with Crippen molar-refractivity contribution in [2.45, 2.75) is 44.1 Å². The maximum atomic E-state index is 12.7. The van der Waals surface area contributed by atoms with Crippen LogP contribution < -0.4 is 14.8 Å². The van der Waals surface area contributed by atoms with Crippen LogP contribution in [0.5, 0.6) is 11.5 Å². The summed E-state index contributed by atoms with van der Waals surface area (Å²) >= 11 is 0. The van der Waals surface area contributed by atoms with Crippen LogP contribution in [-0.4, -0.2) is 64.2 Å². The van der Waals surface area contributed by atoms with Crippen molar-refractivity contribution in [1.29, 1.82) is 0 Å². The maximum absolute atomic E-state index is 12.7. The smallest absolute Gasteiger partial charge is 0.260 e. The van der Waals surface area contributed by atoms with Crippen LogP contribution >= 0.6 is 0 Å². The van der Waals surface area contributed by atoms with Crippen LogP contribution in [0.4, 0.5) is 0 Å².